The van der Waals surface area contributed by atoms with E-state index in [0.717, 1.165) is 18.7 Å². The fourth-order valence-corrected chi connectivity index (χ4v) is 3.35. The monoisotopic (exact) mass is 430 g/mol. The van der Waals surface area contributed by atoms with Crippen LogP contribution in [-0.4, -0.2) is 41.3 Å². The van der Waals surface area contributed by atoms with E-state index in [1.807, 2.05) is 30.3 Å². The SMILES string of the molecule is Clc1ccc(Nc2nc(NCc3ccccc3)nc(N3CCOCC3)n2)c(Cl)c1. The standard InChI is InChI=1S/C20H20Cl2N6O/c21-15-6-7-17(16(22)12-15)24-19-25-18(23-13-14-4-2-1-3-5-14)26-20(27-19)28-8-10-29-11-9-28/h1-7,12H,8-11,13H2,(H2,23,24,25,26,27). The van der Waals surface area contributed by atoms with E-state index >= 15 is 0 Å². The third-order valence-electron chi connectivity index (χ3n) is 4.39. The molecule has 2 N–H and O–H groups in total. The lowest BCUT2D eigenvalue weighted by atomic mass is 10.2. The molecule has 0 unspecified atom stereocenters. The summed E-state index contributed by atoms with van der Waals surface area (Å²) >= 11 is 12.3. The molecular formula is C20H20Cl2N6O. The molecule has 0 atom stereocenters. The molecule has 29 heavy (non-hydrogen) atoms. The van der Waals surface area contributed by atoms with Crippen molar-refractivity contribution in [2.24, 2.45) is 0 Å². The van der Waals surface area contributed by atoms with Gasteiger partial charge in [0, 0.05) is 24.7 Å². The molecule has 0 radical (unpaired) electrons. The molecule has 4 rings (SSSR count). The lowest BCUT2D eigenvalue weighted by molar-refractivity contribution is 0.122. The van der Waals surface area contributed by atoms with Crippen LogP contribution in [0.5, 0.6) is 0 Å². The van der Waals surface area contributed by atoms with Gasteiger partial charge in [0.15, 0.2) is 0 Å². The Morgan fingerprint density at radius 3 is 2.45 bits per heavy atom. The van der Waals surface area contributed by atoms with Gasteiger partial charge in [-0.2, -0.15) is 15.0 Å². The third kappa shape index (κ3) is 5.26. The van der Waals surface area contributed by atoms with Crippen molar-refractivity contribution in [3.05, 3.63) is 64.1 Å². The minimum atomic E-state index is 0.404. The fraction of sp³-hybridized carbons (Fsp3) is 0.250. The molecule has 0 bridgehead atoms. The number of halogens is 2. The molecule has 1 saturated heterocycles. The van der Waals surface area contributed by atoms with Gasteiger partial charge in [-0.05, 0) is 23.8 Å². The van der Waals surface area contributed by atoms with Crippen LogP contribution in [-0.2, 0) is 11.3 Å². The van der Waals surface area contributed by atoms with Crippen molar-refractivity contribution < 1.29 is 4.74 Å². The number of nitrogens with one attached hydrogen (secondary N) is 2. The van der Waals surface area contributed by atoms with Crippen molar-refractivity contribution in [3.8, 4) is 0 Å². The van der Waals surface area contributed by atoms with Crippen LogP contribution in [0.2, 0.25) is 10.0 Å². The largest absolute Gasteiger partial charge is 0.378 e. The van der Waals surface area contributed by atoms with Gasteiger partial charge in [-0.25, -0.2) is 0 Å². The summed E-state index contributed by atoms with van der Waals surface area (Å²) < 4.78 is 5.44. The van der Waals surface area contributed by atoms with Crippen LogP contribution in [0, 0.1) is 0 Å². The zero-order valence-electron chi connectivity index (χ0n) is 15.6. The summed E-state index contributed by atoms with van der Waals surface area (Å²) in [5.74, 6) is 1.48. The Labute approximate surface area is 179 Å². The number of aromatic nitrogens is 3. The molecule has 0 aliphatic carbocycles. The van der Waals surface area contributed by atoms with Crippen LogP contribution in [0.1, 0.15) is 5.56 Å². The molecule has 3 aromatic rings. The predicted octanol–water partition coefficient (Wildman–Crippen LogP) is 4.37. The van der Waals surface area contributed by atoms with E-state index in [1.54, 1.807) is 18.2 Å². The number of anilines is 4. The zero-order valence-corrected chi connectivity index (χ0v) is 17.1. The van der Waals surface area contributed by atoms with Gasteiger partial charge in [-0.3, -0.25) is 0 Å². The Morgan fingerprint density at radius 1 is 0.931 bits per heavy atom. The molecule has 1 aromatic heterocycles. The number of benzene rings is 2. The van der Waals surface area contributed by atoms with Crippen LogP contribution in [0.3, 0.4) is 0 Å². The predicted molar refractivity (Wildman–Crippen MR) is 116 cm³/mol. The second kappa shape index (κ2) is 9.26. The van der Waals surface area contributed by atoms with E-state index in [-0.39, 0.29) is 0 Å². The summed E-state index contributed by atoms with van der Waals surface area (Å²) in [5, 5.41) is 7.50. The molecule has 1 aliphatic rings. The van der Waals surface area contributed by atoms with E-state index < -0.39 is 0 Å². The average molecular weight is 431 g/mol. The molecule has 2 aromatic carbocycles. The molecule has 0 spiro atoms. The van der Waals surface area contributed by atoms with Crippen molar-refractivity contribution in [3.63, 3.8) is 0 Å². The van der Waals surface area contributed by atoms with Crippen LogP contribution >= 0.6 is 23.2 Å². The highest BCUT2D eigenvalue weighted by atomic mass is 35.5. The van der Waals surface area contributed by atoms with Gasteiger partial charge < -0.3 is 20.3 Å². The number of morpholine rings is 1. The maximum Gasteiger partial charge on any atom is 0.233 e. The first-order valence-corrected chi connectivity index (χ1v) is 10.0. The molecule has 9 heteroatoms. The topological polar surface area (TPSA) is 75.2 Å². The summed E-state index contributed by atoms with van der Waals surface area (Å²) in [6.45, 7) is 3.34. The molecule has 0 saturated carbocycles. The minimum absolute atomic E-state index is 0.404. The van der Waals surface area contributed by atoms with Gasteiger partial charge in [0.25, 0.3) is 0 Å². The molecular weight excluding hydrogens is 411 g/mol. The van der Waals surface area contributed by atoms with Gasteiger partial charge in [-0.15, -0.1) is 0 Å². The highest BCUT2D eigenvalue weighted by molar-refractivity contribution is 6.36. The lowest BCUT2D eigenvalue weighted by Gasteiger charge is -2.27. The molecule has 1 fully saturated rings. The molecule has 2 heterocycles. The van der Waals surface area contributed by atoms with Gasteiger partial charge in [0.2, 0.25) is 17.8 Å². The van der Waals surface area contributed by atoms with E-state index in [9.17, 15) is 0 Å². The fourth-order valence-electron chi connectivity index (χ4n) is 2.89. The summed E-state index contributed by atoms with van der Waals surface area (Å²) in [6, 6.07) is 15.3. The summed E-state index contributed by atoms with van der Waals surface area (Å²) in [6.07, 6.45) is 0. The number of rotatable bonds is 6. The number of nitrogens with zero attached hydrogens (tertiary/aromatic N) is 4. The van der Waals surface area contributed by atoms with Crippen LogP contribution in [0.4, 0.5) is 23.5 Å². The van der Waals surface area contributed by atoms with E-state index in [0.29, 0.717) is 53.3 Å². The summed E-state index contributed by atoms with van der Waals surface area (Å²) in [4.78, 5) is 15.8. The van der Waals surface area contributed by atoms with Crippen LogP contribution < -0.4 is 15.5 Å². The second-order valence-electron chi connectivity index (χ2n) is 6.47. The number of ether oxygens (including phenoxy) is 1. The first-order chi connectivity index (χ1) is 14.2. The Bertz CT molecular complexity index is 966. The molecule has 1 aliphatic heterocycles. The Morgan fingerprint density at radius 2 is 1.69 bits per heavy atom. The number of hydrogen-bond donors (Lipinski definition) is 2. The van der Waals surface area contributed by atoms with Gasteiger partial charge in [0.05, 0.1) is 23.9 Å². The first-order valence-electron chi connectivity index (χ1n) is 9.26. The van der Waals surface area contributed by atoms with Crippen molar-refractivity contribution in [2.75, 3.05) is 41.8 Å². The highest BCUT2D eigenvalue weighted by Crippen LogP contribution is 2.28. The maximum absolute atomic E-state index is 6.29. The smallest absolute Gasteiger partial charge is 0.233 e. The quantitative estimate of drug-likeness (QED) is 0.600. The van der Waals surface area contributed by atoms with E-state index in [4.69, 9.17) is 27.9 Å². The molecule has 0 amide bonds. The maximum atomic E-state index is 6.29. The van der Waals surface area contributed by atoms with E-state index in [2.05, 4.69) is 30.5 Å². The van der Waals surface area contributed by atoms with Gasteiger partial charge >= 0.3 is 0 Å². The zero-order chi connectivity index (χ0) is 20.1. The summed E-state index contributed by atoms with van der Waals surface area (Å²) in [5.41, 5.74) is 1.81. The second-order valence-corrected chi connectivity index (χ2v) is 7.31. The average Bonchev–Trinajstić information content (AvgIpc) is 2.75. The Balaban J connectivity index is 1.60. The molecule has 150 valence electrons. The molecule has 7 nitrogen and oxygen atoms in total. The van der Waals surface area contributed by atoms with Crippen LogP contribution in [0.25, 0.3) is 0 Å². The lowest BCUT2D eigenvalue weighted by Crippen LogP contribution is -2.37. The van der Waals surface area contributed by atoms with Crippen molar-refractivity contribution >= 4 is 46.7 Å². The Hall–Kier alpha value is -2.61. The van der Waals surface area contributed by atoms with Crippen molar-refractivity contribution in [1.82, 2.24) is 15.0 Å². The number of hydrogen-bond acceptors (Lipinski definition) is 7. The van der Waals surface area contributed by atoms with Gasteiger partial charge in [-0.1, -0.05) is 53.5 Å². The third-order valence-corrected chi connectivity index (χ3v) is 4.94. The first kappa shape index (κ1) is 19.7. The normalized spacial score (nSPS) is 13.9. The highest BCUT2D eigenvalue weighted by Gasteiger charge is 2.17. The summed E-state index contributed by atoms with van der Waals surface area (Å²) in [7, 11) is 0. The van der Waals surface area contributed by atoms with Gasteiger partial charge in [0.1, 0.15) is 0 Å². The van der Waals surface area contributed by atoms with Crippen LogP contribution in [0.15, 0.2) is 48.5 Å². The minimum Gasteiger partial charge on any atom is -0.378 e. The van der Waals surface area contributed by atoms with Crippen molar-refractivity contribution in [1.29, 1.82) is 0 Å². The van der Waals surface area contributed by atoms with E-state index in [1.165, 1.54) is 0 Å². The Kier molecular flexibility index (Phi) is 6.29. The van der Waals surface area contributed by atoms with Crippen molar-refractivity contribution in [2.45, 2.75) is 6.54 Å².